The molecule has 0 bridgehead atoms. The summed E-state index contributed by atoms with van der Waals surface area (Å²) in [5, 5.41) is 13.4. The molecule has 1 aromatic heterocycles. The highest BCUT2D eigenvalue weighted by Crippen LogP contribution is 2.37. The molecule has 25 heavy (non-hydrogen) atoms. The fourth-order valence-corrected chi connectivity index (χ4v) is 4.59. The molecular formula is C16H29N5O2S2. The van der Waals surface area contributed by atoms with Gasteiger partial charge >= 0.3 is 0 Å². The van der Waals surface area contributed by atoms with Gasteiger partial charge in [0.15, 0.2) is 5.96 Å². The lowest BCUT2D eigenvalue weighted by Crippen LogP contribution is -2.41. The van der Waals surface area contributed by atoms with Gasteiger partial charge < -0.3 is 10.6 Å². The number of aliphatic imine (C=N–C) groups is 1. The Bertz CT molecular complexity index is 645. The van der Waals surface area contributed by atoms with Crippen LogP contribution in [-0.4, -0.2) is 58.3 Å². The molecule has 2 heterocycles. The summed E-state index contributed by atoms with van der Waals surface area (Å²) >= 11 is 1.80. The fourth-order valence-electron chi connectivity index (χ4n) is 3.22. The van der Waals surface area contributed by atoms with Gasteiger partial charge in [-0.3, -0.25) is 9.89 Å². The topological polar surface area (TPSA) is 99.8 Å². The summed E-state index contributed by atoms with van der Waals surface area (Å²) in [5.41, 5.74) is 0. The summed E-state index contributed by atoms with van der Waals surface area (Å²) in [5.74, 6) is 0.983. The van der Waals surface area contributed by atoms with E-state index in [-0.39, 0.29) is 12.3 Å². The highest BCUT2D eigenvalue weighted by atomic mass is 32.2. The molecule has 142 valence electrons. The summed E-state index contributed by atoms with van der Waals surface area (Å²) in [7, 11) is -1.29. The lowest BCUT2D eigenvalue weighted by atomic mass is 9.88. The molecule has 0 amide bonds. The van der Waals surface area contributed by atoms with E-state index in [1.54, 1.807) is 11.3 Å². The third-order valence-corrected chi connectivity index (χ3v) is 6.07. The minimum atomic E-state index is -3.47. The number of piperidine rings is 1. The van der Waals surface area contributed by atoms with Crippen molar-refractivity contribution in [2.75, 3.05) is 39.0 Å². The van der Waals surface area contributed by atoms with Crippen molar-refractivity contribution in [2.24, 2.45) is 16.0 Å². The van der Waals surface area contributed by atoms with E-state index in [1.807, 2.05) is 6.92 Å². The standard InChI is InChI=1S/C16H29N5O2S2/c1-3-18-16(19-8-11-25(17,22)23)20-12-13-6-4-9-21(2)15(13)14-7-5-10-24-14/h5,7,10,13,15H,3-4,6,8-9,11-12H2,1-2H3,(H2,17,22,23)(H2,18,19,20). The zero-order valence-electron chi connectivity index (χ0n) is 14.9. The van der Waals surface area contributed by atoms with Gasteiger partial charge in [0.2, 0.25) is 10.0 Å². The monoisotopic (exact) mass is 387 g/mol. The van der Waals surface area contributed by atoms with E-state index in [9.17, 15) is 8.42 Å². The molecule has 2 unspecified atom stereocenters. The van der Waals surface area contributed by atoms with Gasteiger partial charge in [0.1, 0.15) is 0 Å². The molecule has 1 saturated heterocycles. The van der Waals surface area contributed by atoms with Gasteiger partial charge in [-0.2, -0.15) is 0 Å². The summed E-state index contributed by atoms with van der Waals surface area (Å²) < 4.78 is 22.1. The number of hydrogen-bond acceptors (Lipinski definition) is 5. The Hall–Kier alpha value is -1.16. The van der Waals surface area contributed by atoms with Crippen LogP contribution in [0.3, 0.4) is 0 Å². The average molecular weight is 388 g/mol. The normalized spacial score (nSPS) is 22.8. The number of nitrogens with zero attached hydrogens (tertiary/aromatic N) is 2. The first kappa shape index (κ1) is 20.2. The van der Waals surface area contributed by atoms with E-state index in [2.05, 4.69) is 45.1 Å². The highest BCUT2D eigenvalue weighted by molar-refractivity contribution is 7.89. The van der Waals surface area contributed by atoms with E-state index in [0.29, 0.717) is 24.5 Å². The third kappa shape index (κ3) is 6.58. The van der Waals surface area contributed by atoms with Crippen LogP contribution in [0.4, 0.5) is 0 Å². The van der Waals surface area contributed by atoms with Crippen LogP contribution < -0.4 is 15.8 Å². The van der Waals surface area contributed by atoms with Gasteiger partial charge in [0.25, 0.3) is 0 Å². The van der Waals surface area contributed by atoms with Crippen LogP contribution in [-0.2, 0) is 10.0 Å². The lowest BCUT2D eigenvalue weighted by molar-refractivity contribution is 0.128. The summed E-state index contributed by atoms with van der Waals surface area (Å²) in [6, 6.07) is 4.69. The van der Waals surface area contributed by atoms with Gasteiger partial charge in [-0.05, 0) is 50.7 Å². The van der Waals surface area contributed by atoms with Crippen LogP contribution in [0.25, 0.3) is 0 Å². The first-order valence-electron chi connectivity index (χ1n) is 8.67. The van der Waals surface area contributed by atoms with E-state index in [0.717, 1.165) is 19.5 Å². The summed E-state index contributed by atoms with van der Waals surface area (Å²) in [6.07, 6.45) is 2.32. The number of rotatable bonds is 7. The lowest BCUT2D eigenvalue weighted by Gasteiger charge is -2.38. The number of nitrogens with two attached hydrogens (primary N) is 1. The van der Waals surface area contributed by atoms with Crippen molar-refractivity contribution in [1.29, 1.82) is 0 Å². The van der Waals surface area contributed by atoms with Crippen molar-refractivity contribution in [3.8, 4) is 0 Å². The van der Waals surface area contributed by atoms with Crippen molar-refractivity contribution in [3.63, 3.8) is 0 Å². The van der Waals surface area contributed by atoms with Gasteiger partial charge in [-0.1, -0.05) is 6.07 Å². The third-order valence-electron chi connectivity index (χ3n) is 4.35. The Morgan fingerprint density at radius 2 is 2.28 bits per heavy atom. The van der Waals surface area contributed by atoms with E-state index in [1.165, 1.54) is 11.3 Å². The first-order valence-corrected chi connectivity index (χ1v) is 11.3. The second-order valence-electron chi connectivity index (χ2n) is 6.36. The molecule has 1 aliphatic rings. The van der Waals surface area contributed by atoms with Gasteiger partial charge in [-0.25, -0.2) is 13.6 Å². The number of likely N-dealkylation sites (tertiary alicyclic amines) is 1. The minimum absolute atomic E-state index is 0.110. The molecule has 0 aliphatic carbocycles. The average Bonchev–Trinajstić information content (AvgIpc) is 3.05. The van der Waals surface area contributed by atoms with Crippen LogP contribution in [0.1, 0.15) is 30.7 Å². The molecule has 4 N–H and O–H groups in total. The zero-order valence-corrected chi connectivity index (χ0v) is 16.6. The Labute approximate surface area is 154 Å². The Balaban J connectivity index is 2.01. The zero-order chi connectivity index (χ0) is 18.3. The number of sulfonamides is 1. The maximum Gasteiger partial charge on any atom is 0.210 e. The van der Waals surface area contributed by atoms with E-state index >= 15 is 0 Å². The second-order valence-corrected chi connectivity index (χ2v) is 9.07. The second kappa shape index (κ2) is 9.51. The largest absolute Gasteiger partial charge is 0.357 e. The molecule has 1 aliphatic heterocycles. The van der Waals surface area contributed by atoms with E-state index in [4.69, 9.17) is 5.14 Å². The Morgan fingerprint density at radius 3 is 2.92 bits per heavy atom. The number of primary sulfonamides is 1. The van der Waals surface area contributed by atoms with Crippen molar-refractivity contribution in [1.82, 2.24) is 15.5 Å². The maximum absolute atomic E-state index is 11.1. The predicted molar refractivity (Wildman–Crippen MR) is 104 cm³/mol. The number of hydrogen-bond donors (Lipinski definition) is 3. The first-order chi connectivity index (χ1) is 11.9. The fraction of sp³-hybridized carbons (Fsp3) is 0.688. The van der Waals surface area contributed by atoms with Crippen molar-refractivity contribution in [2.45, 2.75) is 25.8 Å². The van der Waals surface area contributed by atoms with Crippen molar-refractivity contribution >= 4 is 27.3 Å². The van der Waals surface area contributed by atoms with Crippen LogP contribution >= 0.6 is 11.3 Å². The van der Waals surface area contributed by atoms with Crippen LogP contribution in [0.2, 0.25) is 0 Å². The smallest absolute Gasteiger partial charge is 0.210 e. The summed E-state index contributed by atoms with van der Waals surface area (Å²) in [6.45, 7) is 4.77. The van der Waals surface area contributed by atoms with Gasteiger partial charge in [-0.15, -0.1) is 11.3 Å². The van der Waals surface area contributed by atoms with Gasteiger partial charge in [0.05, 0.1) is 5.75 Å². The van der Waals surface area contributed by atoms with E-state index < -0.39 is 10.0 Å². The summed E-state index contributed by atoms with van der Waals surface area (Å²) in [4.78, 5) is 8.49. The molecule has 2 atom stereocenters. The number of thiophene rings is 1. The number of guanidine groups is 1. The molecule has 0 aromatic carbocycles. The molecule has 1 aromatic rings. The molecule has 0 saturated carbocycles. The molecule has 2 rings (SSSR count). The highest BCUT2D eigenvalue weighted by Gasteiger charge is 2.31. The maximum atomic E-state index is 11.1. The Morgan fingerprint density at radius 1 is 1.48 bits per heavy atom. The molecule has 7 nitrogen and oxygen atoms in total. The molecule has 0 spiro atoms. The molecular weight excluding hydrogens is 358 g/mol. The van der Waals surface area contributed by atoms with Crippen LogP contribution in [0.15, 0.2) is 22.5 Å². The SMILES string of the molecule is CCNC(=NCC1CCCN(C)C1c1cccs1)NCCS(N)(=O)=O. The predicted octanol–water partition coefficient (Wildman–Crippen LogP) is 0.975. The van der Waals surface area contributed by atoms with Crippen LogP contribution in [0.5, 0.6) is 0 Å². The van der Waals surface area contributed by atoms with Crippen molar-refractivity contribution < 1.29 is 8.42 Å². The molecule has 0 radical (unpaired) electrons. The quantitative estimate of drug-likeness (QED) is 0.478. The van der Waals surface area contributed by atoms with Crippen LogP contribution in [0, 0.1) is 5.92 Å². The molecule has 1 fully saturated rings. The number of nitrogens with one attached hydrogen (secondary N) is 2. The van der Waals surface area contributed by atoms with Gasteiger partial charge in [0, 0.05) is 30.6 Å². The van der Waals surface area contributed by atoms with Crippen molar-refractivity contribution in [3.05, 3.63) is 22.4 Å². The molecule has 9 heteroatoms. The Kier molecular flexibility index (Phi) is 7.67. The minimum Gasteiger partial charge on any atom is -0.357 e.